The van der Waals surface area contributed by atoms with E-state index in [2.05, 4.69) is 15.3 Å². The lowest BCUT2D eigenvalue weighted by Crippen LogP contribution is -2.50. The Hall–Kier alpha value is -2.06. The maximum Gasteiger partial charge on any atom is 0.254 e. The van der Waals surface area contributed by atoms with Crippen LogP contribution in [0.2, 0.25) is 0 Å². The quantitative estimate of drug-likeness (QED) is 0.810. The number of carbonyl (C=O) groups is 2. The molecule has 1 aromatic rings. The number of fused-ring (bicyclic) bond motifs is 1. The van der Waals surface area contributed by atoms with Gasteiger partial charge in [-0.25, -0.2) is 4.98 Å². The number of aromatic nitrogens is 2. The second-order valence-corrected chi connectivity index (χ2v) is 7.13. The second kappa shape index (κ2) is 6.68. The minimum absolute atomic E-state index is 0.0521. The van der Waals surface area contributed by atoms with Gasteiger partial charge in [-0.3, -0.25) is 14.6 Å². The van der Waals surface area contributed by atoms with Crippen LogP contribution >= 0.6 is 0 Å². The number of amides is 2. The number of hydrogen-bond acceptors (Lipinski definition) is 6. The van der Waals surface area contributed by atoms with Gasteiger partial charge in [0.2, 0.25) is 5.91 Å². The molecular weight excluding hydrogens is 324 g/mol. The highest BCUT2D eigenvalue weighted by molar-refractivity contribution is 5.93. The molecule has 2 saturated heterocycles. The summed E-state index contributed by atoms with van der Waals surface area (Å²) in [6.07, 6.45) is 6.26. The van der Waals surface area contributed by atoms with Gasteiger partial charge in [-0.15, -0.1) is 0 Å². The zero-order valence-corrected chi connectivity index (χ0v) is 13.9. The van der Waals surface area contributed by atoms with E-state index < -0.39 is 6.10 Å². The molecule has 0 unspecified atom stereocenters. The molecular formula is C17H22N4O4. The van der Waals surface area contributed by atoms with E-state index in [0.717, 1.165) is 6.42 Å². The molecule has 2 amide bonds. The van der Waals surface area contributed by atoms with Gasteiger partial charge in [-0.05, 0) is 31.6 Å². The number of ether oxygens (including phenoxy) is 1. The Morgan fingerprint density at radius 1 is 1.28 bits per heavy atom. The van der Waals surface area contributed by atoms with Gasteiger partial charge in [0.15, 0.2) is 5.82 Å². The molecule has 0 bridgehead atoms. The molecule has 1 saturated carbocycles. The van der Waals surface area contributed by atoms with Crippen LogP contribution in [0.5, 0.6) is 0 Å². The van der Waals surface area contributed by atoms with Crippen LogP contribution in [-0.4, -0.2) is 63.2 Å². The summed E-state index contributed by atoms with van der Waals surface area (Å²) in [4.78, 5) is 34.6. The molecule has 3 heterocycles. The number of nitrogens with zero attached hydrogens (tertiary/aromatic N) is 3. The Balaban J connectivity index is 1.32. The van der Waals surface area contributed by atoms with E-state index in [1.807, 2.05) is 4.90 Å². The average molecular weight is 346 g/mol. The molecule has 0 spiro atoms. The monoisotopic (exact) mass is 346 g/mol. The SMILES string of the molecule is O=C(Nc1cnccn1)[C@@H]1C[C@@H]2CCN(C(=O)C3CC(O)C3)C[C@H]2O1. The molecule has 25 heavy (non-hydrogen) atoms. The first-order valence-electron chi connectivity index (χ1n) is 8.79. The van der Waals surface area contributed by atoms with Crippen molar-refractivity contribution in [1.29, 1.82) is 0 Å². The Morgan fingerprint density at radius 2 is 2.12 bits per heavy atom. The van der Waals surface area contributed by atoms with E-state index in [1.54, 1.807) is 6.20 Å². The summed E-state index contributed by atoms with van der Waals surface area (Å²) in [6, 6.07) is 0. The van der Waals surface area contributed by atoms with Gasteiger partial charge in [-0.1, -0.05) is 0 Å². The Kier molecular flexibility index (Phi) is 4.39. The smallest absolute Gasteiger partial charge is 0.254 e. The summed E-state index contributed by atoms with van der Waals surface area (Å²) >= 11 is 0. The zero-order chi connectivity index (χ0) is 17.4. The highest BCUT2D eigenvalue weighted by atomic mass is 16.5. The minimum atomic E-state index is -0.516. The molecule has 8 nitrogen and oxygen atoms in total. The van der Waals surface area contributed by atoms with Crippen LogP contribution < -0.4 is 5.32 Å². The van der Waals surface area contributed by atoms with Gasteiger partial charge in [0.05, 0.1) is 18.4 Å². The van der Waals surface area contributed by atoms with Crippen molar-refractivity contribution < 1.29 is 19.4 Å². The van der Waals surface area contributed by atoms with Crippen LogP contribution in [0.4, 0.5) is 5.82 Å². The van der Waals surface area contributed by atoms with Crippen LogP contribution in [0.25, 0.3) is 0 Å². The van der Waals surface area contributed by atoms with Gasteiger partial charge < -0.3 is 20.1 Å². The van der Waals surface area contributed by atoms with Crippen molar-refractivity contribution in [1.82, 2.24) is 14.9 Å². The van der Waals surface area contributed by atoms with Crippen molar-refractivity contribution in [2.45, 2.75) is 44.0 Å². The normalized spacial score (nSPS) is 34.1. The van der Waals surface area contributed by atoms with Crippen molar-refractivity contribution in [3.8, 4) is 0 Å². The molecule has 3 fully saturated rings. The standard InChI is InChI=1S/C17H22N4O4/c22-12-5-11(6-12)17(24)21-4-1-10-7-13(25-14(10)9-21)16(23)20-15-8-18-2-3-19-15/h2-3,8,10-14,22H,1,4-7,9H2,(H,19,20,23)/t10-,11?,12?,13-,14+/m0/s1. The number of piperidine rings is 1. The van der Waals surface area contributed by atoms with E-state index in [1.165, 1.54) is 12.4 Å². The summed E-state index contributed by atoms with van der Waals surface area (Å²) in [5, 5.41) is 12.1. The third kappa shape index (κ3) is 3.36. The van der Waals surface area contributed by atoms with Crippen molar-refractivity contribution in [2.75, 3.05) is 18.4 Å². The van der Waals surface area contributed by atoms with Crippen LogP contribution in [0.15, 0.2) is 18.6 Å². The maximum atomic E-state index is 12.4. The van der Waals surface area contributed by atoms with E-state index in [4.69, 9.17) is 4.74 Å². The highest BCUT2D eigenvalue weighted by Crippen LogP contribution is 2.36. The Labute approximate surface area is 145 Å². The largest absolute Gasteiger partial charge is 0.393 e. The molecule has 1 aliphatic carbocycles. The molecule has 0 aromatic carbocycles. The Morgan fingerprint density at radius 3 is 2.84 bits per heavy atom. The fourth-order valence-corrected chi connectivity index (χ4v) is 3.92. The lowest BCUT2D eigenvalue weighted by atomic mass is 9.80. The molecule has 3 aliphatic rings. The van der Waals surface area contributed by atoms with E-state index in [0.29, 0.717) is 44.1 Å². The first-order valence-corrected chi connectivity index (χ1v) is 8.79. The number of carbonyl (C=O) groups excluding carboxylic acids is 2. The van der Waals surface area contributed by atoms with Crippen molar-refractivity contribution in [2.24, 2.45) is 11.8 Å². The predicted molar refractivity (Wildman–Crippen MR) is 87.4 cm³/mol. The van der Waals surface area contributed by atoms with Gasteiger partial charge in [-0.2, -0.15) is 0 Å². The van der Waals surface area contributed by atoms with Gasteiger partial charge in [0.25, 0.3) is 5.91 Å². The topological polar surface area (TPSA) is 105 Å². The van der Waals surface area contributed by atoms with E-state index in [-0.39, 0.29) is 29.9 Å². The molecule has 134 valence electrons. The molecule has 8 heteroatoms. The van der Waals surface area contributed by atoms with Gasteiger partial charge in [0, 0.05) is 31.4 Å². The van der Waals surface area contributed by atoms with Crippen LogP contribution in [-0.2, 0) is 14.3 Å². The second-order valence-electron chi connectivity index (χ2n) is 7.13. The first-order chi connectivity index (χ1) is 12.1. The predicted octanol–water partition coefficient (Wildman–Crippen LogP) is 0.192. The van der Waals surface area contributed by atoms with Crippen LogP contribution in [0.3, 0.4) is 0 Å². The number of likely N-dealkylation sites (tertiary alicyclic amines) is 1. The fourth-order valence-electron chi connectivity index (χ4n) is 3.92. The first kappa shape index (κ1) is 16.4. The number of anilines is 1. The van der Waals surface area contributed by atoms with Crippen LogP contribution in [0, 0.1) is 11.8 Å². The van der Waals surface area contributed by atoms with Gasteiger partial charge in [0.1, 0.15) is 6.10 Å². The summed E-state index contributed by atoms with van der Waals surface area (Å²) in [6.45, 7) is 1.24. The molecule has 3 atom stereocenters. The van der Waals surface area contributed by atoms with Crippen molar-refractivity contribution in [3.63, 3.8) is 0 Å². The highest BCUT2D eigenvalue weighted by Gasteiger charge is 2.44. The molecule has 4 rings (SSSR count). The Bertz CT molecular complexity index is 649. The number of hydrogen-bond donors (Lipinski definition) is 2. The summed E-state index contributed by atoms with van der Waals surface area (Å²) in [7, 11) is 0. The molecule has 0 radical (unpaired) electrons. The average Bonchev–Trinajstić information content (AvgIpc) is 3.02. The molecule has 2 N–H and O–H groups in total. The summed E-state index contributed by atoms with van der Waals surface area (Å²) in [5.74, 6) is 0.554. The summed E-state index contributed by atoms with van der Waals surface area (Å²) < 4.78 is 5.93. The van der Waals surface area contributed by atoms with Crippen molar-refractivity contribution >= 4 is 17.6 Å². The maximum absolute atomic E-state index is 12.4. The number of nitrogens with one attached hydrogen (secondary N) is 1. The number of aliphatic hydroxyl groups excluding tert-OH is 1. The lowest BCUT2D eigenvalue weighted by molar-refractivity contribution is -0.147. The number of aliphatic hydroxyl groups is 1. The zero-order valence-electron chi connectivity index (χ0n) is 13.9. The fraction of sp³-hybridized carbons (Fsp3) is 0.647. The third-order valence-electron chi connectivity index (χ3n) is 5.43. The van der Waals surface area contributed by atoms with Crippen LogP contribution in [0.1, 0.15) is 25.7 Å². The minimum Gasteiger partial charge on any atom is -0.393 e. The number of rotatable bonds is 3. The van der Waals surface area contributed by atoms with E-state index >= 15 is 0 Å². The lowest BCUT2D eigenvalue weighted by Gasteiger charge is -2.39. The van der Waals surface area contributed by atoms with Crippen molar-refractivity contribution in [3.05, 3.63) is 18.6 Å². The van der Waals surface area contributed by atoms with E-state index in [9.17, 15) is 14.7 Å². The molecule has 2 aliphatic heterocycles. The summed E-state index contributed by atoms with van der Waals surface area (Å²) in [5.41, 5.74) is 0. The van der Waals surface area contributed by atoms with Gasteiger partial charge >= 0.3 is 0 Å². The molecule has 1 aromatic heterocycles. The third-order valence-corrected chi connectivity index (χ3v) is 5.43.